The van der Waals surface area contributed by atoms with Gasteiger partial charge in [0.2, 0.25) is 5.91 Å². The Kier molecular flexibility index (Phi) is 7.87. The molecule has 3 aromatic rings. The van der Waals surface area contributed by atoms with Gasteiger partial charge in [-0.05, 0) is 43.1 Å². The SMILES string of the molecule is CN1CCN(CCCNC(=O)/C=C/c2cn(Cc3ccccc3)nc2-c2cccs2)CC1. The van der Waals surface area contributed by atoms with E-state index in [1.807, 2.05) is 46.6 Å². The minimum absolute atomic E-state index is 0.0590. The molecule has 6 nitrogen and oxygen atoms in total. The predicted molar refractivity (Wildman–Crippen MR) is 132 cm³/mol. The monoisotopic (exact) mass is 449 g/mol. The molecule has 1 aliphatic heterocycles. The molecule has 0 unspecified atom stereocenters. The number of likely N-dealkylation sites (N-methyl/N-ethyl adjacent to an activating group) is 1. The van der Waals surface area contributed by atoms with Crippen LogP contribution in [0.15, 0.2) is 60.1 Å². The van der Waals surface area contributed by atoms with Crippen molar-refractivity contribution in [2.45, 2.75) is 13.0 Å². The third-order valence-corrected chi connectivity index (χ3v) is 6.57. The smallest absolute Gasteiger partial charge is 0.244 e. The van der Waals surface area contributed by atoms with Crippen LogP contribution in [0.5, 0.6) is 0 Å². The first-order valence-electron chi connectivity index (χ1n) is 11.2. The topological polar surface area (TPSA) is 53.4 Å². The molecule has 0 atom stereocenters. The number of aromatic nitrogens is 2. The molecule has 2 aromatic heterocycles. The van der Waals surface area contributed by atoms with Crippen LogP contribution in [0.25, 0.3) is 16.6 Å². The molecule has 0 aliphatic carbocycles. The Morgan fingerprint density at radius 1 is 1.12 bits per heavy atom. The molecule has 0 spiro atoms. The van der Waals surface area contributed by atoms with Gasteiger partial charge in [-0.25, -0.2) is 0 Å². The Hall–Kier alpha value is -2.74. The molecule has 7 heteroatoms. The number of hydrogen-bond donors (Lipinski definition) is 1. The summed E-state index contributed by atoms with van der Waals surface area (Å²) in [7, 11) is 2.17. The first-order valence-corrected chi connectivity index (χ1v) is 12.1. The van der Waals surface area contributed by atoms with Crippen LogP contribution in [-0.2, 0) is 11.3 Å². The molecule has 0 saturated carbocycles. The number of nitrogens with zero attached hydrogens (tertiary/aromatic N) is 4. The van der Waals surface area contributed by atoms with Crippen molar-refractivity contribution >= 4 is 23.3 Å². The van der Waals surface area contributed by atoms with Crippen LogP contribution in [-0.4, -0.2) is 71.8 Å². The maximum atomic E-state index is 12.4. The number of benzene rings is 1. The lowest BCUT2D eigenvalue weighted by molar-refractivity contribution is -0.116. The average molecular weight is 450 g/mol. The third-order valence-electron chi connectivity index (χ3n) is 5.69. The van der Waals surface area contributed by atoms with Crippen molar-refractivity contribution in [2.75, 3.05) is 46.3 Å². The lowest BCUT2D eigenvalue weighted by Gasteiger charge is -2.32. The molecule has 1 aliphatic rings. The van der Waals surface area contributed by atoms with Crippen molar-refractivity contribution in [3.8, 4) is 10.6 Å². The standard InChI is InChI=1S/C25H31N5OS/c1-28-14-16-29(17-15-28)13-6-12-26-24(31)11-10-22-20-30(19-21-7-3-2-4-8-21)27-25(22)23-9-5-18-32-23/h2-5,7-11,18,20H,6,12-17,19H2,1H3,(H,26,31)/b11-10+. The summed E-state index contributed by atoms with van der Waals surface area (Å²) in [6.07, 6.45) is 6.48. The highest BCUT2D eigenvalue weighted by Gasteiger charge is 2.13. The summed E-state index contributed by atoms with van der Waals surface area (Å²) in [6.45, 7) is 6.91. The second-order valence-corrected chi connectivity index (χ2v) is 9.16. The van der Waals surface area contributed by atoms with E-state index in [1.54, 1.807) is 17.4 Å². The van der Waals surface area contributed by atoms with E-state index in [2.05, 4.69) is 40.4 Å². The number of hydrogen-bond acceptors (Lipinski definition) is 5. The fourth-order valence-corrected chi connectivity index (χ4v) is 4.56. The van der Waals surface area contributed by atoms with Gasteiger partial charge in [0.1, 0.15) is 5.69 Å². The van der Waals surface area contributed by atoms with Crippen LogP contribution < -0.4 is 5.32 Å². The van der Waals surface area contributed by atoms with Crippen LogP contribution >= 0.6 is 11.3 Å². The Bertz CT molecular complexity index is 1000. The molecule has 1 aromatic carbocycles. The maximum Gasteiger partial charge on any atom is 0.244 e. The van der Waals surface area contributed by atoms with Gasteiger partial charge >= 0.3 is 0 Å². The zero-order chi connectivity index (χ0) is 22.2. The third kappa shape index (κ3) is 6.38. The van der Waals surface area contributed by atoms with Crippen molar-refractivity contribution in [3.63, 3.8) is 0 Å². The molecule has 3 heterocycles. The average Bonchev–Trinajstić information content (AvgIpc) is 3.47. The normalized spacial score (nSPS) is 15.4. The van der Waals surface area contributed by atoms with E-state index in [-0.39, 0.29) is 5.91 Å². The summed E-state index contributed by atoms with van der Waals surface area (Å²) in [5.74, 6) is -0.0590. The van der Waals surface area contributed by atoms with Crippen LogP contribution in [0, 0.1) is 0 Å². The Morgan fingerprint density at radius 2 is 1.94 bits per heavy atom. The molecule has 4 rings (SSSR count). The highest BCUT2D eigenvalue weighted by molar-refractivity contribution is 7.13. The lowest BCUT2D eigenvalue weighted by atomic mass is 10.2. The molecule has 32 heavy (non-hydrogen) atoms. The largest absolute Gasteiger partial charge is 0.353 e. The fraction of sp³-hybridized carbons (Fsp3) is 0.360. The number of piperazine rings is 1. The molecular weight excluding hydrogens is 418 g/mol. The first-order chi connectivity index (χ1) is 15.7. The second kappa shape index (κ2) is 11.2. The summed E-state index contributed by atoms with van der Waals surface area (Å²) in [6, 6.07) is 14.4. The van der Waals surface area contributed by atoms with Gasteiger partial charge in [-0.3, -0.25) is 9.48 Å². The Morgan fingerprint density at radius 3 is 2.69 bits per heavy atom. The van der Waals surface area contributed by atoms with Crippen LogP contribution in [0.3, 0.4) is 0 Å². The van der Waals surface area contributed by atoms with E-state index in [9.17, 15) is 4.79 Å². The number of rotatable bonds is 9. The Balaban J connectivity index is 1.33. The van der Waals surface area contributed by atoms with Gasteiger partial charge in [-0.15, -0.1) is 11.3 Å². The zero-order valence-corrected chi connectivity index (χ0v) is 19.4. The van der Waals surface area contributed by atoms with Gasteiger partial charge in [0.05, 0.1) is 11.4 Å². The van der Waals surface area contributed by atoms with Crippen molar-refractivity contribution in [2.24, 2.45) is 0 Å². The maximum absolute atomic E-state index is 12.4. The number of carbonyl (C=O) groups is 1. The van der Waals surface area contributed by atoms with Crippen LogP contribution in [0.1, 0.15) is 17.5 Å². The molecule has 0 radical (unpaired) electrons. The predicted octanol–water partition coefficient (Wildman–Crippen LogP) is 3.43. The molecule has 1 fully saturated rings. The van der Waals surface area contributed by atoms with E-state index in [0.717, 1.165) is 55.3 Å². The van der Waals surface area contributed by atoms with Crippen LogP contribution in [0.2, 0.25) is 0 Å². The van der Waals surface area contributed by atoms with Gasteiger partial charge in [-0.2, -0.15) is 5.10 Å². The van der Waals surface area contributed by atoms with Gasteiger partial charge in [0.15, 0.2) is 0 Å². The van der Waals surface area contributed by atoms with E-state index >= 15 is 0 Å². The fourth-order valence-electron chi connectivity index (χ4n) is 3.83. The highest BCUT2D eigenvalue weighted by Crippen LogP contribution is 2.27. The lowest BCUT2D eigenvalue weighted by Crippen LogP contribution is -2.45. The van der Waals surface area contributed by atoms with E-state index in [0.29, 0.717) is 13.1 Å². The summed E-state index contributed by atoms with van der Waals surface area (Å²) in [4.78, 5) is 18.3. The molecular formula is C25H31N5OS. The molecule has 0 bridgehead atoms. The van der Waals surface area contributed by atoms with Gasteiger partial charge in [0, 0.05) is 50.6 Å². The summed E-state index contributed by atoms with van der Waals surface area (Å²) in [5.41, 5.74) is 3.06. The first kappa shape index (κ1) is 22.5. The molecule has 1 N–H and O–H groups in total. The molecule has 1 amide bonds. The molecule has 1 saturated heterocycles. The van der Waals surface area contributed by atoms with Crippen LogP contribution in [0.4, 0.5) is 0 Å². The van der Waals surface area contributed by atoms with Crippen molar-refractivity contribution in [3.05, 3.63) is 71.2 Å². The van der Waals surface area contributed by atoms with Gasteiger partial charge in [-0.1, -0.05) is 36.4 Å². The summed E-state index contributed by atoms with van der Waals surface area (Å²) >= 11 is 1.66. The number of amides is 1. The van der Waals surface area contributed by atoms with Crippen molar-refractivity contribution in [1.29, 1.82) is 0 Å². The summed E-state index contributed by atoms with van der Waals surface area (Å²) < 4.78 is 1.94. The van der Waals surface area contributed by atoms with Crippen molar-refractivity contribution in [1.82, 2.24) is 24.9 Å². The Labute approximate surface area is 194 Å². The minimum Gasteiger partial charge on any atom is -0.353 e. The van der Waals surface area contributed by atoms with E-state index in [1.165, 1.54) is 5.56 Å². The summed E-state index contributed by atoms with van der Waals surface area (Å²) in [5, 5.41) is 9.86. The van der Waals surface area contributed by atoms with Gasteiger partial charge in [0.25, 0.3) is 0 Å². The van der Waals surface area contributed by atoms with E-state index in [4.69, 9.17) is 5.10 Å². The highest BCUT2D eigenvalue weighted by atomic mass is 32.1. The van der Waals surface area contributed by atoms with Gasteiger partial charge < -0.3 is 15.1 Å². The minimum atomic E-state index is -0.0590. The second-order valence-electron chi connectivity index (χ2n) is 8.22. The van der Waals surface area contributed by atoms with E-state index < -0.39 is 0 Å². The number of nitrogens with one attached hydrogen (secondary N) is 1. The van der Waals surface area contributed by atoms with Crippen molar-refractivity contribution < 1.29 is 4.79 Å². The number of carbonyl (C=O) groups excluding carboxylic acids is 1. The quantitative estimate of drug-likeness (QED) is 0.402. The zero-order valence-electron chi connectivity index (χ0n) is 18.6. The molecule has 168 valence electrons. The number of thiophene rings is 1.